The first kappa shape index (κ1) is 28.9. The summed E-state index contributed by atoms with van der Waals surface area (Å²) in [5, 5.41) is 0. The van der Waals surface area contributed by atoms with Gasteiger partial charge in [-0.15, -0.1) is 0 Å². The summed E-state index contributed by atoms with van der Waals surface area (Å²) in [6, 6.07) is 11.7. The number of rotatable bonds is 12. The van der Waals surface area contributed by atoms with E-state index in [1.54, 1.807) is 31.2 Å². The minimum absolute atomic E-state index is 0.0865. The molecule has 36 heavy (non-hydrogen) atoms. The third-order valence-electron chi connectivity index (χ3n) is 4.87. The molecule has 0 aromatic heterocycles. The van der Waals surface area contributed by atoms with Gasteiger partial charge in [-0.2, -0.15) is 30.7 Å². The topological polar surface area (TPSA) is 61.8 Å². The van der Waals surface area contributed by atoms with Crippen molar-refractivity contribution in [3.05, 3.63) is 59.7 Å². The van der Waals surface area contributed by atoms with Crippen LogP contribution in [-0.4, -0.2) is 43.2 Å². The summed E-state index contributed by atoms with van der Waals surface area (Å²) in [5.41, 5.74) is 0.953. The molecule has 5 nitrogen and oxygen atoms in total. The monoisotopic (exact) mass is 524 g/mol. The van der Waals surface area contributed by atoms with Crippen molar-refractivity contribution >= 4 is 11.9 Å². The third kappa shape index (κ3) is 7.85. The number of esters is 2. The predicted octanol–water partition coefficient (Wildman–Crippen LogP) is 6.39. The highest BCUT2D eigenvalue weighted by atomic mass is 19.4. The standard InChI is InChI=1S/C24H23F7O5/c1-2-34-20(32)13-6-16-4-9-19(10-5-16)36-21(33)17-7-11-18(12-8-17)35-15-3-14-22(25,26)23(27,28)24(29,30)31/h4-5,7-12H,2-3,6,13-15H2,1H3. The quantitative estimate of drug-likeness (QED) is 0.139. The number of halogens is 7. The van der Waals surface area contributed by atoms with Crippen LogP contribution < -0.4 is 9.47 Å². The van der Waals surface area contributed by atoms with Crippen LogP contribution in [0.25, 0.3) is 0 Å². The SMILES string of the molecule is CCOC(=O)CCc1ccc(OC(=O)c2ccc(OCCCC(F)(F)C(F)(F)C(F)(F)F)cc2)cc1. The van der Waals surface area contributed by atoms with Crippen LogP contribution in [0, 0.1) is 0 Å². The Morgan fingerprint density at radius 2 is 1.42 bits per heavy atom. The highest BCUT2D eigenvalue weighted by molar-refractivity contribution is 5.91. The largest absolute Gasteiger partial charge is 0.494 e. The second-order valence-corrected chi connectivity index (χ2v) is 7.59. The van der Waals surface area contributed by atoms with Crippen molar-refractivity contribution in [2.75, 3.05) is 13.2 Å². The van der Waals surface area contributed by atoms with Gasteiger partial charge in [-0.3, -0.25) is 4.79 Å². The second kappa shape index (κ2) is 12.1. The average molecular weight is 524 g/mol. The van der Waals surface area contributed by atoms with Crippen molar-refractivity contribution in [1.29, 1.82) is 0 Å². The first-order chi connectivity index (χ1) is 16.8. The zero-order valence-electron chi connectivity index (χ0n) is 19.0. The Kier molecular flexibility index (Phi) is 9.71. The third-order valence-corrected chi connectivity index (χ3v) is 4.87. The number of aryl methyl sites for hydroxylation is 1. The van der Waals surface area contributed by atoms with E-state index in [9.17, 15) is 40.3 Å². The fourth-order valence-corrected chi connectivity index (χ4v) is 2.91. The molecule has 0 spiro atoms. The van der Waals surface area contributed by atoms with Crippen LogP contribution in [0.15, 0.2) is 48.5 Å². The lowest BCUT2D eigenvalue weighted by Crippen LogP contribution is -2.51. The number of carbonyl (C=O) groups excluding carboxylic acids is 2. The van der Waals surface area contributed by atoms with Crippen molar-refractivity contribution in [3.63, 3.8) is 0 Å². The molecule has 0 unspecified atom stereocenters. The minimum Gasteiger partial charge on any atom is -0.494 e. The maximum atomic E-state index is 13.3. The van der Waals surface area contributed by atoms with Crippen LogP contribution in [-0.2, 0) is 16.0 Å². The Balaban J connectivity index is 1.82. The lowest BCUT2D eigenvalue weighted by atomic mass is 10.1. The molecule has 2 aromatic rings. The Labute approximate surface area is 202 Å². The molecule has 0 atom stereocenters. The van der Waals surface area contributed by atoms with Crippen LogP contribution in [0.2, 0.25) is 0 Å². The van der Waals surface area contributed by atoms with Crippen LogP contribution in [0.3, 0.4) is 0 Å². The molecule has 2 rings (SSSR count). The number of hydrogen-bond acceptors (Lipinski definition) is 5. The van der Waals surface area contributed by atoms with Crippen LogP contribution in [0.5, 0.6) is 11.5 Å². The zero-order chi connectivity index (χ0) is 27.0. The molecular weight excluding hydrogens is 501 g/mol. The predicted molar refractivity (Wildman–Crippen MR) is 113 cm³/mol. The van der Waals surface area contributed by atoms with Gasteiger partial charge in [0.25, 0.3) is 0 Å². The van der Waals surface area contributed by atoms with E-state index >= 15 is 0 Å². The summed E-state index contributed by atoms with van der Waals surface area (Å²) in [7, 11) is 0. The maximum absolute atomic E-state index is 13.3. The van der Waals surface area contributed by atoms with Gasteiger partial charge in [0.05, 0.1) is 18.8 Å². The van der Waals surface area contributed by atoms with Gasteiger partial charge in [-0.1, -0.05) is 12.1 Å². The Hall–Kier alpha value is -3.31. The number of ether oxygens (including phenoxy) is 3. The lowest BCUT2D eigenvalue weighted by molar-refractivity contribution is -0.355. The van der Waals surface area contributed by atoms with E-state index < -0.39 is 43.4 Å². The van der Waals surface area contributed by atoms with Gasteiger partial charge in [-0.25, -0.2) is 4.79 Å². The zero-order valence-corrected chi connectivity index (χ0v) is 19.0. The smallest absolute Gasteiger partial charge is 0.459 e. The van der Waals surface area contributed by atoms with Crippen molar-refractivity contribution in [2.24, 2.45) is 0 Å². The van der Waals surface area contributed by atoms with Crippen molar-refractivity contribution in [3.8, 4) is 11.5 Å². The first-order valence-corrected chi connectivity index (χ1v) is 10.8. The first-order valence-electron chi connectivity index (χ1n) is 10.8. The van der Waals surface area contributed by atoms with Crippen LogP contribution >= 0.6 is 0 Å². The molecule has 0 aliphatic heterocycles. The van der Waals surface area contributed by atoms with Gasteiger partial charge in [0.2, 0.25) is 0 Å². The van der Waals surface area contributed by atoms with Gasteiger partial charge in [0.15, 0.2) is 0 Å². The minimum atomic E-state index is -6.37. The summed E-state index contributed by atoms with van der Waals surface area (Å²) in [4.78, 5) is 23.7. The van der Waals surface area contributed by atoms with E-state index in [2.05, 4.69) is 0 Å². The summed E-state index contributed by atoms with van der Waals surface area (Å²) < 4.78 is 104. The highest BCUT2D eigenvalue weighted by Crippen LogP contribution is 2.48. The van der Waals surface area contributed by atoms with E-state index in [1.807, 2.05) is 0 Å². The van der Waals surface area contributed by atoms with Crippen molar-refractivity contribution < 1.29 is 54.5 Å². The lowest BCUT2D eigenvalue weighted by Gasteiger charge is -2.28. The molecular formula is C24H23F7O5. The van der Waals surface area contributed by atoms with Crippen LogP contribution in [0.4, 0.5) is 30.7 Å². The van der Waals surface area contributed by atoms with Gasteiger partial charge in [0.1, 0.15) is 11.5 Å². The van der Waals surface area contributed by atoms with Gasteiger partial charge in [0, 0.05) is 12.8 Å². The molecule has 0 amide bonds. The van der Waals surface area contributed by atoms with E-state index in [-0.39, 0.29) is 29.5 Å². The number of benzene rings is 2. The number of hydrogen-bond donors (Lipinski definition) is 0. The van der Waals surface area contributed by atoms with E-state index in [0.717, 1.165) is 5.56 Å². The Morgan fingerprint density at radius 3 is 1.97 bits per heavy atom. The van der Waals surface area contributed by atoms with Crippen LogP contribution in [0.1, 0.15) is 42.1 Å². The van der Waals surface area contributed by atoms with Gasteiger partial charge >= 0.3 is 30.0 Å². The molecule has 0 saturated carbocycles. The molecule has 0 fully saturated rings. The van der Waals surface area contributed by atoms with E-state index in [4.69, 9.17) is 14.2 Å². The summed E-state index contributed by atoms with van der Waals surface area (Å²) in [5.74, 6) is -12.1. The van der Waals surface area contributed by atoms with Crippen molar-refractivity contribution in [2.45, 2.75) is 50.6 Å². The van der Waals surface area contributed by atoms with Gasteiger partial charge < -0.3 is 14.2 Å². The number of carbonyl (C=O) groups is 2. The molecule has 0 aliphatic rings. The molecule has 0 bridgehead atoms. The molecule has 2 aromatic carbocycles. The fourth-order valence-electron chi connectivity index (χ4n) is 2.91. The summed E-state index contributed by atoms with van der Waals surface area (Å²) in [6.07, 6.45) is -8.20. The number of alkyl halides is 7. The molecule has 0 saturated heterocycles. The second-order valence-electron chi connectivity index (χ2n) is 7.59. The van der Waals surface area contributed by atoms with Gasteiger partial charge in [-0.05, 0) is 61.7 Å². The Morgan fingerprint density at radius 1 is 0.833 bits per heavy atom. The summed E-state index contributed by atoms with van der Waals surface area (Å²) in [6.45, 7) is 1.46. The molecule has 0 heterocycles. The normalized spacial score (nSPS) is 12.2. The summed E-state index contributed by atoms with van der Waals surface area (Å²) >= 11 is 0. The molecule has 0 radical (unpaired) electrons. The fraction of sp³-hybridized carbons (Fsp3) is 0.417. The van der Waals surface area contributed by atoms with E-state index in [1.165, 1.54) is 24.3 Å². The molecule has 0 N–H and O–H groups in total. The van der Waals surface area contributed by atoms with Crippen molar-refractivity contribution in [1.82, 2.24) is 0 Å². The molecule has 12 heteroatoms. The molecule has 198 valence electrons. The van der Waals surface area contributed by atoms with E-state index in [0.29, 0.717) is 13.0 Å². The highest BCUT2D eigenvalue weighted by Gasteiger charge is 2.72. The maximum Gasteiger partial charge on any atom is 0.459 e. The molecule has 0 aliphatic carbocycles. The Bertz CT molecular complexity index is 1000. The average Bonchev–Trinajstić information content (AvgIpc) is 2.81.